The average Bonchev–Trinajstić information content (AvgIpc) is 3.11. The van der Waals surface area contributed by atoms with Crippen molar-refractivity contribution in [3.63, 3.8) is 0 Å². The van der Waals surface area contributed by atoms with Crippen LogP contribution in [0.25, 0.3) is 16.8 Å². The fourth-order valence-electron chi connectivity index (χ4n) is 3.62. The molecule has 0 aliphatic carbocycles. The van der Waals surface area contributed by atoms with E-state index in [9.17, 15) is 0 Å². The van der Waals surface area contributed by atoms with E-state index in [0.29, 0.717) is 16.6 Å². The molecule has 170 valence electrons. The zero-order valence-electron chi connectivity index (χ0n) is 19.4. The van der Waals surface area contributed by atoms with Crippen molar-refractivity contribution in [2.24, 2.45) is 5.92 Å². The highest BCUT2D eigenvalue weighted by atomic mass is 35.5. The SMILES string of the molecule is C=C(c1cc(C)n(Cc2ccc(Cl)cc2)c1-c1ccccc1)C(C)C.Nc1cccc(Cl)c1. The lowest BCUT2D eigenvalue weighted by Crippen LogP contribution is -2.05. The summed E-state index contributed by atoms with van der Waals surface area (Å²) in [5, 5.41) is 1.45. The Bertz CT molecular complexity index is 1190. The third kappa shape index (κ3) is 6.54. The zero-order chi connectivity index (χ0) is 24.0. The number of aryl methyl sites for hydroxylation is 1. The second-order valence-corrected chi connectivity index (χ2v) is 9.23. The summed E-state index contributed by atoms with van der Waals surface area (Å²) in [6, 6.07) is 28.0. The largest absolute Gasteiger partial charge is 0.399 e. The number of benzene rings is 3. The molecule has 0 aliphatic heterocycles. The van der Waals surface area contributed by atoms with E-state index in [-0.39, 0.29) is 0 Å². The van der Waals surface area contributed by atoms with E-state index >= 15 is 0 Å². The number of nitrogens with two attached hydrogens (primary N) is 1. The molecule has 1 heterocycles. The summed E-state index contributed by atoms with van der Waals surface area (Å²) in [6.07, 6.45) is 0. The van der Waals surface area contributed by atoms with Crippen LogP contribution < -0.4 is 5.73 Å². The van der Waals surface area contributed by atoms with Crippen LogP contribution in [-0.4, -0.2) is 4.57 Å². The molecule has 0 fully saturated rings. The molecular formula is C29H30Cl2N2. The first-order valence-electron chi connectivity index (χ1n) is 11.0. The number of nitrogens with zero attached hydrogens (tertiary/aromatic N) is 1. The van der Waals surface area contributed by atoms with Crippen LogP contribution in [0, 0.1) is 12.8 Å². The Balaban J connectivity index is 0.000000323. The Morgan fingerprint density at radius 3 is 2.09 bits per heavy atom. The van der Waals surface area contributed by atoms with E-state index in [1.54, 1.807) is 18.2 Å². The molecule has 0 saturated heterocycles. The zero-order valence-corrected chi connectivity index (χ0v) is 20.9. The lowest BCUT2D eigenvalue weighted by molar-refractivity contribution is 0.783. The van der Waals surface area contributed by atoms with Crippen LogP contribution in [0.2, 0.25) is 10.0 Å². The molecule has 0 unspecified atom stereocenters. The van der Waals surface area contributed by atoms with E-state index in [1.165, 1.54) is 33.7 Å². The highest BCUT2D eigenvalue weighted by Gasteiger charge is 2.18. The topological polar surface area (TPSA) is 30.9 Å². The molecule has 4 aromatic rings. The maximum absolute atomic E-state index is 6.04. The maximum atomic E-state index is 6.04. The molecule has 0 radical (unpaired) electrons. The first-order valence-corrected chi connectivity index (χ1v) is 11.7. The molecule has 4 heteroatoms. The molecule has 1 aromatic heterocycles. The van der Waals surface area contributed by atoms with Gasteiger partial charge in [0, 0.05) is 33.5 Å². The third-order valence-electron chi connectivity index (χ3n) is 5.50. The Morgan fingerprint density at radius 2 is 1.55 bits per heavy atom. The van der Waals surface area contributed by atoms with E-state index in [4.69, 9.17) is 28.9 Å². The van der Waals surface area contributed by atoms with E-state index in [2.05, 4.69) is 80.4 Å². The highest BCUT2D eigenvalue weighted by Crippen LogP contribution is 2.35. The van der Waals surface area contributed by atoms with Crippen molar-refractivity contribution in [3.8, 4) is 11.3 Å². The number of rotatable bonds is 5. The van der Waals surface area contributed by atoms with Crippen LogP contribution in [0.4, 0.5) is 5.69 Å². The number of anilines is 1. The van der Waals surface area contributed by atoms with Crippen molar-refractivity contribution in [2.45, 2.75) is 27.3 Å². The van der Waals surface area contributed by atoms with Crippen LogP contribution in [-0.2, 0) is 6.54 Å². The van der Waals surface area contributed by atoms with Gasteiger partial charge in [0.2, 0.25) is 0 Å². The molecule has 2 N–H and O–H groups in total. The van der Waals surface area contributed by atoms with Crippen molar-refractivity contribution in [1.29, 1.82) is 0 Å². The van der Waals surface area contributed by atoms with E-state index in [1.807, 2.05) is 18.2 Å². The Morgan fingerprint density at radius 1 is 0.879 bits per heavy atom. The van der Waals surface area contributed by atoms with Gasteiger partial charge >= 0.3 is 0 Å². The van der Waals surface area contributed by atoms with Crippen LogP contribution in [0.3, 0.4) is 0 Å². The lowest BCUT2D eigenvalue weighted by atomic mass is 9.94. The molecule has 0 aliphatic rings. The highest BCUT2D eigenvalue weighted by molar-refractivity contribution is 6.31. The molecule has 4 rings (SSSR count). The number of aromatic nitrogens is 1. The van der Waals surface area contributed by atoms with Crippen molar-refractivity contribution in [2.75, 3.05) is 5.73 Å². The van der Waals surface area contributed by atoms with Gasteiger partial charge in [0.05, 0.1) is 5.69 Å². The second kappa shape index (κ2) is 11.3. The first-order chi connectivity index (χ1) is 15.8. The molecule has 0 atom stereocenters. The average molecular weight is 477 g/mol. The number of nitrogen functional groups attached to an aromatic ring is 1. The molecular weight excluding hydrogens is 447 g/mol. The summed E-state index contributed by atoms with van der Waals surface area (Å²) in [6.45, 7) is 11.7. The van der Waals surface area contributed by atoms with Gasteiger partial charge in [0.15, 0.2) is 0 Å². The van der Waals surface area contributed by atoms with Crippen molar-refractivity contribution in [1.82, 2.24) is 4.57 Å². The van der Waals surface area contributed by atoms with Gasteiger partial charge < -0.3 is 10.3 Å². The second-order valence-electron chi connectivity index (χ2n) is 8.36. The summed E-state index contributed by atoms with van der Waals surface area (Å²) in [5.74, 6) is 0.410. The summed E-state index contributed by atoms with van der Waals surface area (Å²) in [5.41, 5.74) is 13.4. The predicted octanol–water partition coefficient (Wildman–Crippen LogP) is 8.76. The number of halogens is 2. The Kier molecular flexibility index (Phi) is 8.43. The summed E-state index contributed by atoms with van der Waals surface area (Å²) in [7, 11) is 0. The van der Waals surface area contributed by atoms with Crippen LogP contribution in [0.5, 0.6) is 0 Å². The van der Waals surface area contributed by atoms with Gasteiger partial charge in [-0.15, -0.1) is 0 Å². The molecule has 3 aromatic carbocycles. The van der Waals surface area contributed by atoms with Gasteiger partial charge in [-0.1, -0.05) is 92.2 Å². The monoisotopic (exact) mass is 476 g/mol. The van der Waals surface area contributed by atoms with Crippen LogP contribution in [0.1, 0.15) is 30.7 Å². The van der Waals surface area contributed by atoms with Crippen molar-refractivity contribution in [3.05, 3.63) is 118 Å². The molecule has 0 amide bonds. The van der Waals surface area contributed by atoms with Gasteiger partial charge in [0.25, 0.3) is 0 Å². The van der Waals surface area contributed by atoms with Crippen molar-refractivity contribution < 1.29 is 0 Å². The molecule has 2 nitrogen and oxygen atoms in total. The smallest absolute Gasteiger partial charge is 0.0561 e. The fraction of sp³-hybridized carbons (Fsp3) is 0.172. The number of hydrogen-bond acceptors (Lipinski definition) is 1. The van der Waals surface area contributed by atoms with Crippen molar-refractivity contribution >= 4 is 34.5 Å². The molecule has 0 spiro atoms. The van der Waals surface area contributed by atoms with Gasteiger partial charge in [-0.05, 0) is 65.9 Å². The summed E-state index contributed by atoms with van der Waals surface area (Å²) < 4.78 is 2.38. The molecule has 0 bridgehead atoms. The summed E-state index contributed by atoms with van der Waals surface area (Å²) in [4.78, 5) is 0. The Labute approximate surface area is 207 Å². The molecule has 0 saturated carbocycles. The molecule has 33 heavy (non-hydrogen) atoms. The minimum atomic E-state index is 0.410. The van der Waals surface area contributed by atoms with E-state index < -0.39 is 0 Å². The van der Waals surface area contributed by atoms with Crippen LogP contribution in [0.15, 0.2) is 91.5 Å². The first kappa shape index (κ1) is 24.7. The van der Waals surface area contributed by atoms with Gasteiger partial charge in [0.1, 0.15) is 0 Å². The fourth-order valence-corrected chi connectivity index (χ4v) is 3.95. The quantitative estimate of drug-likeness (QED) is 0.286. The minimum absolute atomic E-state index is 0.410. The number of allylic oxidation sites excluding steroid dienone is 1. The lowest BCUT2D eigenvalue weighted by Gasteiger charge is -2.16. The predicted molar refractivity (Wildman–Crippen MR) is 145 cm³/mol. The normalized spacial score (nSPS) is 10.6. The number of hydrogen-bond donors (Lipinski definition) is 1. The van der Waals surface area contributed by atoms with Gasteiger partial charge in [-0.2, -0.15) is 0 Å². The van der Waals surface area contributed by atoms with Gasteiger partial charge in [-0.25, -0.2) is 0 Å². The Hall–Kier alpha value is -2.94. The van der Waals surface area contributed by atoms with Crippen LogP contribution >= 0.6 is 23.2 Å². The maximum Gasteiger partial charge on any atom is 0.0561 e. The summed E-state index contributed by atoms with van der Waals surface area (Å²) >= 11 is 11.6. The third-order valence-corrected chi connectivity index (χ3v) is 5.98. The van der Waals surface area contributed by atoms with Gasteiger partial charge in [-0.3, -0.25) is 0 Å². The minimum Gasteiger partial charge on any atom is -0.399 e. The van der Waals surface area contributed by atoms with E-state index in [0.717, 1.165) is 11.6 Å². The standard InChI is InChI=1S/C23H24ClN.C6H6ClN/c1-16(2)18(4)22-14-17(3)25(15-19-10-12-21(24)13-11-19)23(22)20-8-6-5-7-9-20;7-5-2-1-3-6(8)4-5/h5-14,16H,4,15H2,1-3H3;1-4H,8H2.